The Hall–Kier alpha value is -0.650. The second kappa shape index (κ2) is 6.93. The number of amides is 1. The van der Waals surface area contributed by atoms with Crippen molar-refractivity contribution in [3.63, 3.8) is 0 Å². The Morgan fingerprint density at radius 2 is 2.24 bits per heavy atom. The zero-order valence-electron chi connectivity index (χ0n) is 9.32. The third-order valence-corrected chi connectivity index (χ3v) is 2.91. The molecule has 1 aromatic carbocycles. The van der Waals surface area contributed by atoms with Crippen LogP contribution in [0.25, 0.3) is 0 Å². The molecule has 0 aromatic heterocycles. The van der Waals surface area contributed by atoms with Crippen molar-refractivity contribution in [2.24, 2.45) is 0 Å². The topological polar surface area (TPSA) is 41.1 Å². The summed E-state index contributed by atoms with van der Waals surface area (Å²) in [5, 5.41) is 5.75. The van der Waals surface area contributed by atoms with Gasteiger partial charge in [0.2, 0.25) is 5.91 Å². The fraction of sp³-hybridized carbons (Fsp3) is 0.364. The first kappa shape index (κ1) is 14.4. The number of rotatable bonds is 5. The molecule has 0 heterocycles. The fourth-order valence-corrected chi connectivity index (χ4v) is 2.12. The molecule has 0 aliphatic heterocycles. The second-order valence-electron chi connectivity index (χ2n) is 3.47. The van der Waals surface area contributed by atoms with Gasteiger partial charge in [-0.15, -0.1) is 0 Å². The largest absolute Gasteiger partial charge is 0.323 e. The maximum Gasteiger partial charge on any atom is 0.238 e. The molecular formula is C11H13BrClFN2O. The van der Waals surface area contributed by atoms with Gasteiger partial charge >= 0.3 is 0 Å². The van der Waals surface area contributed by atoms with Crippen LogP contribution < -0.4 is 10.6 Å². The van der Waals surface area contributed by atoms with Gasteiger partial charge in [-0.25, -0.2) is 4.39 Å². The first-order valence-corrected chi connectivity index (χ1v) is 6.36. The third-order valence-electron chi connectivity index (χ3n) is 1.98. The number of benzene rings is 1. The number of hydrogen-bond acceptors (Lipinski definition) is 2. The van der Waals surface area contributed by atoms with E-state index in [9.17, 15) is 9.18 Å². The Kier molecular flexibility index (Phi) is 5.88. The predicted octanol–water partition coefficient (Wildman–Crippen LogP) is 3.18. The Balaban J connectivity index is 2.65. The van der Waals surface area contributed by atoms with Crippen LogP contribution >= 0.6 is 27.5 Å². The summed E-state index contributed by atoms with van der Waals surface area (Å²) in [6.45, 7) is 2.98. The maximum atomic E-state index is 13.0. The van der Waals surface area contributed by atoms with Gasteiger partial charge in [-0.3, -0.25) is 4.79 Å². The highest BCUT2D eigenvalue weighted by atomic mass is 79.9. The third kappa shape index (κ3) is 4.61. The van der Waals surface area contributed by atoms with Gasteiger partial charge in [0.05, 0.1) is 17.3 Å². The van der Waals surface area contributed by atoms with E-state index < -0.39 is 5.82 Å². The van der Waals surface area contributed by atoms with E-state index in [4.69, 9.17) is 11.6 Å². The number of hydrogen-bond donors (Lipinski definition) is 2. The lowest BCUT2D eigenvalue weighted by atomic mass is 10.3. The Labute approximate surface area is 113 Å². The number of carbonyl (C=O) groups excluding carboxylic acids is 1. The van der Waals surface area contributed by atoms with E-state index in [0.717, 1.165) is 19.0 Å². The normalized spacial score (nSPS) is 10.4. The molecule has 0 bridgehead atoms. The summed E-state index contributed by atoms with van der Waals surface area (Å²) < 4.78 is 13.4. The highest BCUT2D eigenvalue weighted by molar-refractivity contribution is 9.10. The number of carbonyl (C=O) groups is 1. The molecule has 1 amide bonds. The van der Waals surface area contributed by atoms with Gasteiger partial charge in [0.25, 0.3) is 0 Å². The average Bonchev–Trinajstić information content (AvgIpc) is 2.24. The Bertz CT molecular complexity index is 391. The van der Waals surface area contributed by atoms with E-state index in [-0.39, 0.29) is 17.5 Å². The molecule has 2 N–H and O–H groups in total. The Morgan fingerprint density at radius 1 is 1.53 bits per heavy atom. The molecule has 0 unspecified atom stereocenters. The van der Waals surface area contributed by atoms with E-state index >= 15 is 0 Å². The average molecular weight is 324 g/mol. The van der Waals surface area contributed by atoms with Gasteiger partial charge in [-0.1, -0.05) is 18.5 Å². The molecule has 0 fully saturated rings. The lowest BCUT2D eigenvalue weighted by Gasteiger charge is -2.10. The van der Waals surface area contributed by atoms with Crippen LogP contribution in [0.3, 0.4) is 0 Å². The molecule has 6 heteroatoms. The van der Waals surface area contributed by atoms with Gasteiger partial charge in [0.1, 0.15) is 5.82 Å². The van der Waals surface area contributed by atoms with Crippen LogP contribution in [-0.2, 0) is 4.79 Å². The molecule has 0 atom stereocenters. The molecule has 0 saturated heterocycles. The monoisotopic (exact) mass is 322 g/mol. The predicted molar refractivity (Wildman–Crippen MR) is 70.9 cm³/mol. The van der Waals surface area contributed by atoms with Gasteiger partial charge < -0.3 is 10.6 Å². The smallest absolute Gasteiger partial charge is 0.238 e. The lowest BCUT2D eigenvalue weighted by molar-refractivity contribution is -0.115. The van der Waals surface area contributed by atoms with Crippen molar-refractivity contribution in [1.82, 2.24) is 5.32 Å². The van der Waals surface area contributed by atoms with Crippen LogP contribution in [0.5, 0.6) is 0 Å². The molecular weight excluding hydrogens is 310 g/mol. The number of nitrogens with one attached hydrogen (secondary N) is 2. The van der Waals surface area contributed by atoms with Crippen molar-refractivity contribution in [2.75, 3.05) is 18.4 Å². The quantitative estimate of drug-likeness (QED) is 0.817. The minimum atomic E-state index is -0.455. The van der Waals surface area contributed by atoms with Crippen molar-refractivity contribution in [2.45, 2.75) is 13.3 Å². The van der Waals surface area contributed by atoms with Gasteiger partial charge in [-0.2, -0.15) is 0 Å². The summed E-state index contributed by atoms with van der Waals surface area (Å²) in [7, 11) is 0. The van der Waals surface area contributed by atoms with Crippen LogP contribution in [0.15, 0.2) is 16.6 Å². The lowest BCUT2D eigenvalue weighted by Crippen LogP contribution is -2.28. The summed E-state index contributed by atoms with van der Waals surface area (Å²) in [4.78, 5) is 11.5. The van der Waals surface area contributed by atoms with Gasteiger partial charge in [0, 0.05) is 4.47 Å². The fourth-order valence-electron chi connectivity index (χ4n) is 1.22. The van der Waals surface area contributed by atoms with Crippen molar-refractivity contribution >= 4 is 39.1 Å². The summed E-state index contributed by atoms with van der Waals surface area (Å²) in [6, 6.07) is 2.41. The van der Waals surface area contributed by atoms with E-state index in [1.807, 2.05) is 6.92 Å². The molecule has 0 radical (unpaired) electrons. The Morgan fingerprint density at radius 3 is 2.82 bits per heavy atom. The van der Waals surface area contributed by atoms with E-state index in [0.29, 0.717) is 10.2 Å². The van der Waals surface area contributed by atoms with Crippen LogP contribution in [-0.4, -0.2) is 19.0 Å². The summed E-state index contributed by atoms with van der Waals surface area (Å²) >= 11 is 8.98. The first-order valence-electron chi connectivity index (χ1n) is 5.19. The summed E-state index contributed by atoms with van der Waals surface area (Å²) in [5.41, 5.74) is 0.386. The van der Waals surface area contributed by atoms with Crippen molar-refractivity contribution < 1.29 is 9.18 Å². The van der Waals surface area contributed by atoms with Crippen LogP contribution in [0.1, 0.15) is 13.3 Å². The minimum absolute atomic E-state index is 0.167. The highest BCUT2D eigenvalue weighted by Crippen LogP contribution is 2.31. The van der Waals surface area contributed by atoms with E-state index in [1.54, 1.807) is 0 Å². The van der Waals surface area contributed by atoms with E-state index in [2.05, 4.69) is 26.6 Å². The van der Waals surface area contributed by atoms with E-state index in [1.165, 1.54) is 6.07 Å². The maximum absolute atomic E-state index is 13.0. The minimum Gasteiger partial charge on any atom is -0.323 e. The summed E-state index contributed by atoms with van der Waals surface area (Å²) in [6.07, 6.45) is 0.953. The molecule has 1 aromatic rings. The molecule has 17 heavy (non-hydrogen) atoms. The molecule has 0 aliphatic carbocycles. The second-order valence-corrected chi connectivity index (χ2v) is 4.73. The van der Waals surface area contributed by atoms with Gasteiger partial charge in [-0.05, 0) is 41.0 Å². The highest BCUT2D eigenvalue weighted by Gasteiger charge is 2.10. The first-order chi connectivity index (χ1) is 8.04. The SMILES string of the molecule is CCCNCC(=O)Nc1c(Cl)cc(F)cc1Br. The van der Waals surface area contributed by atoms with Crippen molar-refractivity contribution in [3.05, 3.63) is 27.4 Å². The zero-order chi connectivity index (χ0) is 12.8. The molecule has 1 rings (SSSR count). The van der Waals surface area contributed by atoms with Gasteiger partial charge in [0.15, 0.2) is 0 Å². The zero-order valence-corrected chi connectivity index (χ0v) is 11.7. The van der Waals surface area contributed by atoms with Crippen LogP contribution in [0.2, 0.25) is 5.02 Å². The molecule has 0 aliphatic rings. The van der Waals surface area contributed by atoms with Crippen LogP contribution in [0.4, 0.5) is 10.1 Å². The van der Waals surface area contributed by atoms with Crippen LogP contribution in [0, 0.1) is 5.82 Å². The molecule has 0 saturated carbocycles. The van der Waals surface area contributed by atoms with Crippen molar-refractivity contribution in [3.8, 4) is 0 Å². The number of halogens is 3. The molecule has 94 valence electrons. The van der Waals surface area contributed by atoms with Crippen molar-refractivity contribution in [1.29, 1.82) is 0 Å². The molecule has 0 spiro atoms. The summed E-state index contributed by atoms with van der Waals surface area (Å²) in [5.74, 6) is -0.670. The standard InChI is InChI=1S/C11H13BrClFN2O/c1-2-3-15-6-10(17)16-11-8(12)4-7(14)5-9(11)13/h4-5,15H,2-3,6H2,1H3,(H,16,17). The number of anilines is 1. The molecule has 3 nitrogen and oxygen atoms in total.